The number of β-lactam (4-membered cyclic amide) rings is 1. The summed E-state index contributed by atoms with van der Waals surface area (Å²) < 4.78 is 41.0. The first-order valence-electron chi connectivity index (χ1n) is 17.6. The SMILES string of the molecule is CCc1cc(C(NC2CCCO2)C(=O)N(C(=O)C(NC2CCCO2)c2cc(F)c(O)c(CC)c2)[C@@H]2C(=O)N3[C@@H]2SC(C)(C)[C@@H]3C(=O)O)cc(F)c1O. The summed E-state index contributed by atoms with van der Waals surface area (Å²) in [5.41, 5.74) is 0.523. The Morgan fingerprint density at radius 2 is 1.37 bits per heavy atom. The second-order valence-electron chi connectivity index (χ2n) is 14.0. The first-order valence-corrected chi connectivity index (χ1v) is 18.4. The molecule has 52 heavy (non-hydrogen) atoms. The smallest absolute Gasteiger partial charge is 0.327 e. The number of aromatic hydroxyl groups is 2. The summed E-state index contributed by atoms with van der Waals surface area (Å²) in [6.45, 7) is 7.47. The summed E-state index contributed by atoms with van der Waals surface area (Å²) in [7, 11) is 0. The van der Waals surface area contributed by atoms with Gasteiger partial charge in [-0.3, -0.25) is 29.9 Å². The van der Waals surface area contributed by atoms with Crippen molar-refractivity contribution in [2.45, 2.75) is 113 Å². The number of thioether (sulfide) groups is 1. The fourth-order valence-corrected chi connectivity index (χ4v) is 9.20. The molecule has 4 aliphatic heterocycles. The minimum absolute atomic E-state index is 0.0597. The molecule has 4 unspecified atom stereocenters. The molecule has 16 heteroatoms. The van der Waals surface area contributed by atoms with E-state index < -0.39 is 93.6 Å². The third-order valence-corrected chi connectivity index (χ3v) is 11.8. The number of carbonyl (C=O) groups is 4. The lowest BCUT2D eigenvalue weighted by Gasteiger charge is -2.48. The van der Waals surface area contributed by atoms with Crippen LogP contribution in [0.2, 0.25) is 0 Å². The number of imide groups is 1. The Morgan fingerprint density at radius 1 is 0.904 bits per heavy atom. The van der Waals surface area contributed by atoms with Crippen LogP contribution in [0, 0.1) is 11.6 Å². The van der Waals surface area contributed by atoms with E-state index in [1.54, 1.807) is 27.7 Å². The minimum atomic E-state index is -1.49. The lowest BCUT2D eigenvalue weighted by atomic mass is 9.92. The zero-order valence-corrected chi connectivity index (χ0v) is 30.2. The quantitative estimate of drug-likeness (QED) is 0.200. The van der Waals surface area contributed by atoms with Crippen LogP contribution in [0.25, 0.3) is 0 Å². The Kier molecular flexibility index (Phi) is 10.9. The molecule has 7 atom stereocenters. The van der Waals surface area contributed by atoms with Crippen LogP contribution in [0.4, 0.5) is 8.78 Å². The van der Waals surface area contributed by atoms with E-state index in [0.29, 0.717) is 38.9 Å². The van der Waals surface area contributed by atoms with Crippen molar-refractivity contribution in [1.29, 1.82) is 0 Å². The summed E-state index contributed by atoms with van der Waals surface area (Å²) in [4.78, 5) is 58.8. The number of aryl methyl sites for hydroxylation is 2. The number of nitrogens with one attached hydrogen (secondary N) is 2. The molecule has 2 aromatic carbocycles. The number of hydrogen-bond acceptors (Lipinski definition) is 11. The normalized spacial score (nSPS) is 26.2. The van der Waals surface area contributed by atoms with Crippen molar-refractivity contribution in [3.63, 3.8) is 0 Å². The Labute approximate surface area is 304 Å². The molecule has 13 nitrogen and oxygen atoms in total. The van der Waals surface area contributed by atoms with Gasteiger partial charge in [-0.15, -0.1) is 11.8 Å². The van der Waals surface area contributed by atoms with Crippen LogP contribution in [0.1, 0.15) is 87.7 Å². The van der Waals surface area contributed by atoms with Crippen LogP contribution in [-0.4, -0.2) is 96.7 Å². The molecule has 0 radical (unpaired) electrons. The number of carbonyl (C=O) groups excluding carboxylic acids is 3. The highest BCUT2D eigenvalue weighted by molar-refractivity contribution is 8.01. The monoisotopic (exact) mass is 746 g/mol. The van der Waals surface area contributed by atoms with Gasteiger partial charge in [-0.05, 0) is 98.9 Å². The molecule has 2 aromatic rings. The molecule has 282 valence electrons. The number of carboxylic acids is 1. The standard InChI is InChI=1S/C36H44F2N4O9S/c1-5-17-13-19(15-21(37)28(17)43)25(39-23-9-7-11-50-23)31(45)41(27-33(47)42-30(35(48)49)36(3,4)52-34(27)42)32(46)26(40-24-10-8-12-51-24)20-14-18(6-2)29(44)22(38)16-20/h13-16,23-27,30,34,39-40,43-44H,5-12H2,1-4H3,(H,48,49)/t23?,24?,25?,26?,27-,30+,34-/m1/s1. The topological polar surface area (TPSA) is 178 Å². The van der Waals surface area contributed by atoms with E-state index in [9.17, 15) is 24.9 Å². The highest BCUT2D eigenvalue weighted by Gasteiger charge is 2.67. The maximum atomic E-state index is 15.2. The third-order valence-electron chi connectivity index (χ3n) is 10.2. The number of amides is 3. The predicted octanol–water partition coefficient (Wildman–Crippen LogP) is 3.61. The number of fused-ring (bicyclic) bond motifs is 1. The Morgan fingerprint density at radius 3 is 1.75 bits per heavy atom. The maximum Gasteiger partial charge on any atom is 0.327 e. The lowest BCUT2D eigenvalue weighted by molar-refractivity contribution is -0.173. The highest BCUT2D eigenvalue weighted by Crippen LogP contribution is 2.52. The number of phenols is 2. The number of carboxylic acid groups (broad SMARTS) is 1. The first-order chi connectivity index (χ1) is 24.7. The molecule has 5 N–H and O–H groups in total. The number of benzene rings is 2. The van der Waals surface area contributed by atoms with Crippen LogP contribution in [0.5, 0.6) is 11.5 Å². The van der Waals surface area contributed by atoms with Crippen LogP contribution in [-0.2, 0) is 41.5 Å². The molecule has 4 fully saturated rings. The van der Waals surface area contributed by atoms with Gasteiger partial charge in [-0.2, -0.15) is 0 Å². The number of aliphatic carboxylic acids is 1. The summed E-state index contributed by atoms with van der Waals surface area (Å²) in [6, 6.07) is -0.845. The number of phenolic OH excluding ortho intramolecular Hbond substituents is 2. The molecular weight excluding hydrogens is 702 g/mol. The number of nitrogens with zero attached hydrogens (tertiary/aromatic N) is 2. The minimum Gasteiger partial charge on any atom is -0.505 e. The zero-order chi connectivity index (χ0) is 37.6. The van der Waals surface area contributed by atoms with Crippen LogP contribution >= 0.6 is 11.8 Å². The summed E-state index contributed by atoms with van der Waals surface area (Å²) in [6.07, 6.45) is 1.33. The average molecular weight is 747 g/mol. The van der Waals surface area contributed by atoms with E-state index in [2.05, 4.69) is 10.6 Å². The fourth-order valence-electron chi connectivity index (χ4n) is 7.53. The molecule has 0 spiro atoms. The lowest BCUT2D eigenvalue weighted by Crippen LogP contribution is -2.73. The highest BCUT2D eigenvalue weighted by atomic mass is 32.2. The van der Waals surface area contributed by atoms with Gasteiger partial charge in [0.25, 0.3) is 17.7 Å². The van der Waals surface area contributed by atoms with E-state index in [1.807, 2.05) is 0 Å². The first kappa shape index (κ1) is 37.9. The van der Waals surface area contributed by atoms with Gasteiger partial charge in [0.1, 0.15) is 42.0 Å². The number of rotatable bonds is 12. The van der Waals surface area contributed by atoms with Gasteiger partial charge in [0.2, 0.25) is 0 Å². The van der Waals surface area contributed by atoms with Crippen molar-refractivity contribution in [3.8, 4) is 11.5 Å². The number of ether oxygens (including phenoxy) is 2. The average Bonchev–Trinajstić information content (AvgIpc) is 3.87. The fraction of sp³-hybridized carbons (Fsp3) is 0.556. The van der Waals surface area contributed by atoms with Crippen LogP contribution < -0.4 is 10.6 Å². The van der Waals surface area contributed by atoms with Crippen molar-refractivity contribution >= 4 is 35.5 Å². The van der Waals surface area contributed by atoms with E-state index >= 15 is 18.4 Å². The van der Waals surface area contributed by atoms with Gasteiger partial charge >= 0.3 is 5.97 Å². The molecule has 0 saturated carbocycles. The number of halogens is 2. The molecule has 4 saturated heterocycles. The zero-order valence-electron chi connectivity index (χ0n) is 29.4. The van der Waals surface area contributed by atoms with Gasteiger partial charge in [-0.1, -0.05) is 13.8 Å². The Bertz CT molecular complexity index is 1660. The van der Waals surface area contributed by atoms with Gasteiger partial charge in [-0.25, -0.2) is 13.6 Å². The summed E-state index contributed by atoms with van der Waals surface area (Å²) >= 11 is 1.13. The molecule has 4 aliphatic rings. The second-order valence-corrected chi connectivity index (χ2v) is 15.8. The maximum absolute atomic E-state index is 15.2. The van der Waals surface area contributed by atoms with E-state index in [1.165, 1.54) is 12.1 Å². The van der Waals surface area contributed by atoms with Crippen molar-refractivity contribution in [2.24, 2.45) is 0 Å². The Hall–Kier alpha value is -3.83. The third kappa shape index (κ3) is 6.86. The molecular formula is C36H44F2N4O9S. The van der Waals surface area contributed by atoms with Crippen molar-refractivity contribution in [1.82, 2.24) is 20.4 Å². The predicted molar refractivity (Wildman–Crippen MR) is 184 cm³/mol. The van der Waals surface area contributed by atoms with E-state index in [-0.39, 0.29) is 35.1 Å². The van der Waals surface area contributed by atoms with Crippen molar-refractivity contribution < 1.29 is 52.8 Å². The number of hydrogen-bond donors (Lipinski definition) is 5. The van der Waals surface area contributed by atoms with Crippen LogP contribution in [0.15, 0.2) is 24.3 Å². The molecule has 3 amide bonds. The van der Waals surface area contributed by atoms with Crippen molar-refractivity contribution in [3.05, 3.63) is 58.2 Å². The largest absolute Gasteiger partial charge is 0.505 e. The molecule has 6 rings (SSSR count). The van der Waals surface area contributed by atoms with E-state index in [4.69, 9.17) is 9.47 Å². The molecule has 0 aromatic heterocycles. The molecule has 4 heterocycles. The Balaban J connectivity index is 1.50. The van der Waals surface area contributed by atoms with Crippen LogP contribution in [0.3, 0.4) is 0 Å². The molecule has 0 aliphatic carbocycles. The van der Waals surface area contributed by atoms with Gasteiger partial charge < -0.3 is 29.7 Å². The summed E-state index contributed by atoms with van der Waals surface area (Å²) in [5.74, 6) is -7.10. The van der Waals surface area contributed by atoms with Crippen molar-refractivity contribution in [2.75, 3.05) is 13.2 Å². The van der Waals surface area contributed by atoms with Gasteiger partial charge in [0.05, 0.1) is 0 Å². The van der Waals surface area contributed by atoms with Gasteiger partial charge in [0.15, 0.2) is 23.1 Å². The van der Waals surface area contributed by atoms with Gasteiger partial charge in [0, 0.05) is 18.0 Å². The molecule has 0 bridgehead atoms. The summed E-state index contributed by atoms with van der Waals surface area (Å²) in [5, 5.41) is 36.1. The second kappa shape index (κ2) is 14.9. The van der Waals surface area contributed by atoms with E-state index in [0.717, 1.165) is 33.7 Å².